The van der Waals surface area contributed by atoms with E-state index in [0.717, 1.165) is 37.9 Å². The first-order valence-corrected chi connectivity index (χ1v) is 7.21. The Kier molecular flexibility index (Phi) is 4.71. The zero-order valence-electron chi connectivity index (χ0n) is 11.7. The van der Waals surface area contributed by atoms with E-state index in [4.69, 9.17) is 18.0 Å². The van der Waals surface area contributed by atoms with E-state index >= 15 is 0 Å². The van der Waals surface area contributed by atoms with Gasteiger partial charge in [-0.25, -0.2) is 4.98 Å². The van der Waals surface area contributed by atoms with Crippen LogP contribution in [0.1, 0.15) is 19.5 Å². The fourth-order valence-corrected chi connectivity index (χ4v) is 2.53. The molecule has 2 heterocycles. The summed E-state index contributed by atoms with van der Waals surface area (Å²) < 4.78 is 0. The second-order valence-corrected chi connectivity index (χ2v) is 5.87. The van der Waals surface area contributed by atoms with Crippen molar-refractivity contribution in [3.63, 3.8) is 0 Å². The van der Waals surface area contributed by atoms with Crippen molar-refractivity contribution < 1.29 is 0 Å². The highest BCUT2D eigenvalue weighted by Crippen LogP contribution is 2.15. The Balaban J connectivity index is 1.97. The van der Waals surface area contributed by atoms with Gasteiger partial charge in [0.15, 0.2) is 0 Å². The van der Waals surface area contributed by atoms with Crippen LogP contribution in [-0.4, -0.2) is 47.6 Å². The summed E-state index contributed by atoms with van der Waals surface area (Å²) in [5.74, 6) is 1.71. The molecule has 0 bridgehead atoms. The molecule has 0 radical (unpaired) electrons. The molecule has 0 spiro atoms. The van der Waals surface area contributed by atoms with E-state index in [-0.39, 0.29) is 0 Å². The maximum Gasteiger partial charge on any atom is 0.129 e. The van der Waals surface area contributed by atoms with Gasteiger partial charge in [-0.15, -0.1) is 0 Å². The summed E-state index contributed by atoms with van der Waals surface area (Å²) in [6.07, 6.45) is 0. The highest BCUT2D eigenvalue weighted by atomic mass is 32.1. The third-order valence-electron chi connectivity index (χ3n) is 3.31. The first kappa shape index (κ1) is 14.2. The molecule has 0 amide bonds. The molecular formula is C14H22N4S. The van der Waals surface area contributed by atoms with Crippen LogP contribution in [0.4, 0.5) is 5.82 Å². The van der Waals surface area contributed by atoms with Crippen LogP contribution >= 0.6 is 12.2 Å². The van der Waals surface area contributed by atoms with Crippen LogP contribution in [0.3, 0.4) is 0 Å². The molecule has 0 unspecified atom stereocenters. The molecule has 19 heavy (non-hydrogen) atoms. The van der Waals surface area contributed by atoms with Crippen molar-refractivity contribution in [2.45, 2.75) is 13.8 Å². The van der Waals surface area contributed by atoms with Gasteiger partial charge in [0.2, 0.25) is 0 Å². The Bertz CT molecular complexity index is 439. The molecule has 1 aromatic rings. The number of aromatic nitrogens is 1. The van der Waals surface area contributed by atoms with Crippen molar-refractivity contribution in [2.75, 3.05) is 37.6 Å². The molecule has 0 aromatic carbocycles. The first-order chi connectivity index (χ1) is 9.06. The van der Waals surface area contributed by atoms with Gasteiger partial charge in [0, 0.05) is 32.7 Å². The average Bonchev–Trinajstić information content (AvgIpc) is 2.39. The second-order valence-electron chi connectivity index (χ2n) is 5.43. The number of piperazine rings is 1. The highest BCUT2D eigenvalue weighted by molar-refractivity contribution is 7.80. The molecule has 1 fully saturated rings. The standard InChI is InChI=1S/C14H22N4S/c1-11(2)10-17-6-8-18(9-7-17)13-5-3-4-12(16-13)14(15)19/h3-5,11H,6-10H2,1-2H3,(H2,15,19). The smallest absolute Gasteiger partial charge is 0.129 e. The van der Waals surface area contributed by atoms with Crippen LogP contribution < -0.4 is 10.6 Å². The van der Waals surface area contributed by atoms with Crippen molar-refractivity contribution in [1.82, 2.24) is 9.88 Å². The summed E-state index contributed by atoms with van der Waals surface area (Å²) in [5.41, 5.74) is 6.34. The van der Waals surface area contributed by atoms with Crippen LogP contribution in [0, 0.1) is 5.92 Å². The molecule has 2 N–H and O–H groups in total. The van der Waals surface area contributed by atoms with Gasteiger partial charge in [0.1, 0.15) is 10.8 Å². The number of nitrogens with two attached hydrogens (primary N) is 1. The molecule has 1 aromatic heterocycles. The Morgan fingerprint density at radius 2 is 2.00 bits per heavy atom. The predicted octanol–water partition coefficient (Wildman–Crippen LogP) is 1.49. The third kappa shape index (κ3) is 3.88. The molecule has 1 aliphatic rings. The van der Waals surface area contributed by atoms with Gasteiger partial charge >= 0.3 is 0 Å². The molecule has 104 valence electrons. The molecule has 0 saturated carbocycles. The van der Waals surface area contributed by atoms with Gasteiger partial charge in [-0.2, -0.15) is 0 Å². The van der Waals surface area contributed by atoms with Crippen LogP contribution in [-0.2, 0) is 0 Å². The lowest BCUT2D eigenvalue weighted by atomic mass is 10.2. The van der Waals surface area contributed by atoms with E-state index in [1.54, 1.807) is 0 Å². The summed E-state index contributed by atoms with van der Waals surface area (Å²) in [6.45, 7) is 9.92. The van der Waals surface area contributed by atoms with Crippen molar-refractivity contribution in [1.29, 1.82) is 0 Å². The topological polar surface area (TPSA) is 45.4 Å². The average molecular weight is 278 g/mol. The van der Waals surface area contributed by atoms with E-state index in [1.165, 1.54) is 6.54 Å². The number of pyridine rings is 1. The molecular weight excluding hydrogens is 256 g/mol. The van der Waals surface area contributed by atoms with E-state index in [1.807, 2.05) is 18.2 Å². The summed E-state index contributed by atoms with van der Waals surface area (Å²) in [6, 6.07) is 5.86. The van der Waals surface area contributed by atoms with Crippen LogP contribution in [0.2, 0.25) is 0 Å². The van der Waals surface area contributed by atoms with Gasteiger partial charge in [0.05, 0.1) is 5.69 Å². The zero-order chi connectivity index (χ0) is 13.8. The summed E-state index contributed by atoms with van der Waals surface area (Å²) in [4.78, 5) is 9.70. The Morgan fingerprint density at radius 3 is 2.58 bits per heavy atom. The Hall–Kier alpha value is -1.20. The summed E-state index contributed by atoms with van der Waals surface area (Å²) >= 11 is 4.98. The van der Waals surface area contributed by atoms with Gasteiger partial charge in [0.25, 0.3) is 0 Å². The number of anilines is 1. The monoisotopic (exact) mass is 278 g/mol. The lowest BCUT2D eigenvalue weighted by Gasteiger charge is -2.36. The van der Waals surface area contributed by atoms with E-state index in [9.17, 15) is 0 Å². The molecule has 1 saturated heterocycles. The first-order valence-electron chi connectivity index (χ1n) is 6.80. The molecule has 0 atom stereocenters. The number of hydrogen-bond acceptors (Lipinski definition) is 4. The maximum absolute atomic E-state index is 5.63. The van der Waals surface area contributed by atoms with E-state index < -0.39 is 0 Å². The van der Waals surface area contributed by atoms with Crippen molar-refractivity contribution in [2.24, 2.45) is 11.7 Å². The minimum atomic E-state index is 0.361. The third-order valence-corrected chi connectivity index (χ3v) is 3.52. The fraction of sp³-hybridized carbons (Fsp3) is 0.571. The molecule has 5 heteroatoms. The van der Waals surface area contributed by atoms with Crippen LogP contribution in [0.15, 0.2) is 18.2 Å². The lowest BCUT2D eigenvalue weighted by Crippen LogP contribution is -2.47. The summed E-state index contributed by atoms with van der Waals surface area (Å²) in [7, 11) is 0. The number of nitrogens with zero attached hydrogens (tertiary/aromatic N) is 3. The van der Waals surface area contributed by atoms with Crippen molar-refractivity contribution in [3.05, 3.63) is 23.9 Å². The fourth-order valence-electron chi connectivity index (χ4n) is 2.41. The normalized spacial score (nSPS) is 16.9. The molecule has 4 nitrogen and oxygen atoms in total. The quantitative estimate of drug-likeness (QED) is 0.846. The van der Waals surface area contributed by atoms with E-state index in [0.29, 0.717) is 10.7 Å². The maximum atomic E-state index is 5.63. The number of hydrogen-bond donors (Lipinski definition) is 1. The number of rotatable bonds is 4. The highest BCUT2D eigenvalue weighted by Gasteiger charge is 2.18. The van der Waals surface area contributed by atoms with Crippen molar-refractivity contribution >= 4 is 23.0 Å². The minimum Gasteiger partial charge on any atom is -0.388 e. The largest absolute Gasteiger partial charge is 0.388 e. The summed E-state index contributed by atoms with van der Waals surface area (Å²) in [5, 5.41) is 0. The van der Waals surface area contributed by atoms with Gasteiger partial charge in [-0.05, 0) is 18.1 Å². The van der Waals surface area contributed by atoms with Crippen LogP contribution in [0.5, 0.6) is 0 Å². The lowest BCUT2D eigenvalue weighted by molar-refractivity contribution is 0.231. The molecule has 0 aliphatic carbocycles. The minimum absolute atomic E-state index is 0.361. The van der Waals surface area contributed by atoms with E-state index in [2.05, 4.69) is 28.6 Å². The SMILES string of the molecule is CC(C)CN1CCN(c2cccc(C(N)=S)n2)CC1. The molecule has 1 aliphatic heterocycles. The molecule has 2 rings (SSSR count). The Morgan fingerprint density at radius 1 is 1.32 bits per heavy atom. The van der Waals surface area contributed by atoms with Gasteiger partial charge in [-0.3, -0.25) is 4.90 Å². The zero-order valence-corrected chi connectivity index (χ0v) is 12.5. The van der Waals surface area contributed by atoms with Gasteiger partial charge in [-0.1, -0.05) is 32.1 Å². The van der Waals surface area contributed by atoms with Gasteiger partial charge < -0.3 is 10.6 Å². The van der Waals surface area contributed by atoms with Crippen molar-refractivity contribution in [3.8, 4) is 0 Å². The Labute approximate surface area is 120 Å². The second kappa shape index (κ2) is 6.30. The number of thiocarbonyl (C=S) groups is 1. The predicted molar refractivity (Wildman–Crippen MR) is 83.6 cm³/mol. The van der Waals surface area contributed by atoms with Crippen LogP contribution in [0.25, 0.3) is 0 Å².